The molecule has 0 atom stereocenters. The van der Waals surface area contributed by atoms with Crippen LogP contribution < -0.4 is 5.73 Å². The fourth-order valence-electron chi connectivity index (χ4n) is 1.84. The molecular formula is C12H25NO4. The topological polar surface area (TPSA) is 62.9 Å². The SMILES string of the molecule is COCCOCCCOC1(CN)CCOCC1. The zero-order valence-corrected chi connectivity index (χ0v) is 10.8. The highest BCUT2D eigenvalue weighted by Crippen LogP contribution is 2.23. The summed E-state index contributed by atoms with van der Waals surface area (Å²) in [6.45, 7) is 4.77. The van der Waals surface area contributed by atoms with Crippen LogP contribution in [0.2, 0.25) is 0 Å². The van der Waals surface area contributed by atoms with E-state index in [-0.39, 0.29) is 5.60 Å². The molecule has 1 aliphatic heterocycles. The minimum absolute atomic E-state index is 0.162. The van der Waals surface area contributed by atoms with Crippen molar-refractivity contribution in [3.63, 3.8) is 0 Å². The van der Waals surface area contributed by atoms with Gasteiger partial charge in [0.25, 0.3) is 0 Å². The van der Waals surface area contributed by atoms with Gasteiger partial charge in [-0.1, -0.05) is 0 Å². The van der Waals surface area contributed by atoms with Crippen molar-refractivity contribution in [2.45, 2.75) is 24.9 Å². The lowest BCUT2D eigenvalue weighted by Crippen LogP contribution is -2.45. The summed E-state index contributed by atoms with van der Waals surface area (Å²) in [5, 5.41) is 0. The van der Waals surface area contributed by atoms with Crippen LogP contribution in [0.1, 0.15) is 19.3 Å². The van der Waals surface area contributed by atoms with Gasteiger partial charge < -0.3 is 24.7 Å². The first kappa shape index (κ1) is 14.9. The van der Waals surface area contributed by atoms with E-state index in [1.54, 1.807) is 7.11 Å². The van der Waals surface area contributed by atoms with Crippen molar-refractivity contribution in [1.82, 2.24) is 0 Å². The van der Waals surface area contributed by atoms with Crippen LogP contribution in [-0.4, -0.2) is 58.9 Å². The van der Waals surface area contributed by atoms with E-state index in [0.717, 1.165) is 32.5 Å². The van der Waals surface area contributed by atoms with E-state index in [9.17, 15) is 0 Å². The number of rotatable bonds is 9. The van der Waals surface area contributed by atoms with Crippen LogP contribution in [0.3, 0.4) is 0 Å². The smallest absolute Gasteiger partial charge is 0.0847 e. The molecule has 0 bridgehead atoms. The highest BCUT2D eigenvalue weighted by atomic mass is 16.5. The first-order valence-corrected chi connectivity index (χ1v) is 6.31. The summed E-state index contributed by atoms with van der Waals surface area (Å²) < 4.78 is 21.5. The number of methoxy groups -OCH3 is 1. The van der Waals surface area contributed by atoms with Gasteiger partial charge in [0.1, 0.15) is 0 Å². The highest BCUT2D eigenvalue weighted by Gasteiger charge is 2.31. The van der Waals surface area contributed by atoms with E-state index in [4.69, 9.17) is 24.7 Å². The van der Waals surface area contributed by atoms with Gasteiger partial charge in [0.2, 0.25) is 0 Å². The molecule has 0 radical (unpaired) electrons. The minimum atomic E-state index is -0.162. The van der Waals surface area contributed by atoms with Crippen molar-refractivity contribution in [2.75, 3.05) is 53.3 Å². The van der Waals surface area contributed by atoms with Gasteiger partial charge in [-0.05, 0) is 6.42 Å². The van der Waals surface area contributed by atoms with Gasteiger partial charge in [-0.2, -0.15) is 0 Å². The average molecular weight is 247 g/mol. The second-order valence-corrected chi connectivity index (χ2v) is 4.31. The first-order chi connectivity index (χ1) is 8.33. The van der Waals surface area contributed by atoms with Crippen molar-refractivity contribution in [3.05, 3.63) is 0 Å². The molecule has 1 rings (SSSR count). The lowest BCUT2D eigenvalue weighted by atomic mass is 9.94. The van der Waals surface area contributed by atoms with Crippen molar-refractivity contribution in [3.8, 4) is 0 Å². The molecule has 0 amide bonds. The molecule has 2 N–H and O–H groups in total. The molecule has 5 nitrogen and oxygen atoms in total. The summed E-state index contributed by atoms with van der Waals surface area (Å²) in [6, 6.07) is 0. The summed E-state index contributed by atoms with van der Waals surface area (Å²) in [6.07, 6.45) is 2.69. The largest absolute Gasteiger partial charge is 0.382 e. The van der Waals surface area contributed by atoms with Crippen molar-refractivity contribution >= 4 is 0 Å². The van der Waals surface area contributed by atoms with Crippen molar-refractivity contribution in [1.29, 1.82) is 0 Å². The third-order valence-corrected chi connectivity index (χ3v) is 3.05. The highest BCUT2D eigenvalue weighted by molar-refractivity contribution is 4.84. The summed E-state index contributed by atoms with van der Waals surface area (Å²) in [5.41, 5.74) is 5.63. The van der Waals surface area contributed by atoms with Gasteiger partial charge in [-0.25, -0.2) is 0 Å². The van der Waals surface area contributed by atoms with Gasteiger partial charge in [-0.3, -0.25) is 0 Å². The van der Waals surface area contributed by atoms with E-state index < -0.39 is 0 Å². The molecule has 0 unspecified atom stereocenters. The molecule has 0 saturated carbocycles. The van der Waals surface area contributed by atoms with Crippen LogP contribution >= 0.6 is 0 Å². The van der Waals surface area contributed by atoms with Crippen LogP contribution in [0.5, 0.6) is 0 Å². The molecular weight excluding hydrogens is 222 g/mol. The van der Waals surface area contributed by atoms with Gasteiger partial charge in [0.05, 0.1) is 18.8 Å². The second-order valence-electron chi connectivity index (χ2n) is 4.31. The Kier molecular flexibility index (Phi) is 7.72. The Labute approximate surface area is 104 Å². The number of hydrogen-bond acceptors (Lipinski definition) is 5. The van der Waals surface area contributed by atoms with E-state index in [2.05, 4.69) is 0 Å². The Bertz CT molecular complexity index is 183. The third kappa shape index (κ3) is 5.79. The summed E-state index contributed by atoms with van der Waals surface area (Å²) in [7, 11) is 1.67. The maximum Gasteiger partial charge on any atom is 0.0847 e. The van der Waals surface area contributed by atoms with E-state index in [1.807, 2.05) is 0 Å². The summed E-state index contributed by atoms with van der Waals surface area (Å²) in [4.78, 5) is 0. The molecule has 0 spiro atoms. The Balaban J connectivity index is 2.03. The Hall–Kier alpha value is -0.200. The standard InChI is InChI=1S/C12H25NO4/c1-14-9-10-15-5-2-6-17-12(11-13)3-7-16-8-4-12/h2-11,13H2,1H3. The van der Waals surface area contributed by atoms with Crippen molar-refractivity contribution in [2.24, 2.45) is 5.73 Å². The zero-order valence-electron chi connectivity index (χ0n) is 10.8. The molecule has 1 heterocycles. The number of hydrogen-bond donors (Lipinski definition) is 1. The Morgan fingerprint density at radius 2 is 1.88 bits per heavy atom. The zero-order chi connectivity index (χ0) is 12.4. The second kappa shape index (κ2) is 8.83. The maximum absolute atomic E-state index is 5.91. The van der Waals surface area contributed by atoms with Crippen LogP contribution in [0.25, 0.3) is 0 Å². The van der Waals surface area contributed by atoms with Crippen LogP contribution in [0.15, 0.2) is 0 Å². The fourth-order valence-corrected chi connectivity index (χ4v) is 1.84. The summed E-state index contributed by atoms with van der Waals surface area (Å²) >= 11 is 0. The van der Waals surface area contributed by atoms with Crippen LogP contribution in [0.4, 0.5) is 0 Å². The molecule has 0 aliphatic carbocycles. The van der Waals surface area contributed by atoms with Gasteiger partial charge in [-0.15, -0.1) is 0 Å². The van der Waals surface area contributed by atoms with Crippen molar-refractivity contribution < 1.29 is 18.9 Å². The molecule has 1 saturated heterocycles. The van der Waals surface area contributed by atoms with Gasteiger partial charge in [0.15, 0.2) is 0 Å². The molecule has 1 fully saturated rings. The molecule has 17 heavy (non-hydrogen) atoms. The summed E-state index contributed by atoms with van der Waals surface area (Å²) in [5.74, 6) is 0. The van der Waals surface area contributed by atoms with Gasteiger partial charge >= 0.3 is 0 Å². The molecule has 0 aromatic rings. The molecule has 1 aliphatic rings. The average Bonchev–Trinajstić information content (AvgIpc) is 2.39. The monoisotopic (exact) mass is 247 g/mol. The predicted octanol–water partition coefficient (Wildman–Crippen LogP) is 0.564. The first-order valence-electron chi connectivity index (χ1n) is 6.31. The van der Waals surface area contributed by atoms with Crippen LogP contribution in [-0.2, 0) is 18.9 Å². The van der Waals surface area contributed by atoms with E-state index >= 15 is 0 Å². The fraction of sp³-hybridized carbons (Fsp3) is 1.00. The molecule has 0 aromatic carbocycles. The maximum atomic E-state index is 5.91. The Morgan fingerprint density at radius 1 is 1.12 bits per heavy atom. The Morgan fingerprint density at radius 3 is 2.53 bits per heavy atom. The quantitative estimate of drug-likeness (QED) is 0.603. The lowest BCUT2D eigenvalue weighted by molar-refractivity contribution is -0.108. The van der Waals surface area contributed by atoms with E-state index in [0.29, 0.717) is 33.0 Å². The minimum Gasteiger partial charge on any atom is -0.382 e. The number of ether oxygens (including phenoxy) is 4. The van der Waals surface area contributed by atoms with E-state index in [1.165, 1.54) is 0 Å². The normalized spacial score (nSPS) is 19.4. The molecule has 0 aromatic heterocycles. The molecule has 5 heteroatoms. The lowest BCUT2D eigenvalue weighted by Gasteiger charge is -2.36. The number of nitrogens with two attached hydrogens (primary N) is 1. The third-order valence-electron chi connectivity index (χ3n) is 3.05. The van der Waals surface area contributed by atoms with Crippen LogP contribution in [0, 0.1) is 0 Å². The molecule has 102 valence electrons. The van der Waals surface area contributed by atoms with Gasteiger partial charge in [0, 0.05) is 52.9 Å². The predicted molar refractivity (Wildman–Crippen MR) is 65.1 cm³/mol.